The molecule has 2 heterocycles. The van der Waals surface area contributed by atoms with Gasteiger partial charge < -0.3 is 5.11 Å². The van der Waals surface area contributed by atoms with Gasteiger partial charge in [0.1, 0.15) is 5.75 Å². The second-order valence-electron chi connectivity index (χ2n) is 8.82. The molecule has 1 aromatic carbocycles. The Morgan fingerprint density at radius 3 is 2.50 bits per heavy atom. The van der Waals surface area contributed by atoms with Gasteiger partial charge in [-0.25, -0.2) is 0 Å². The molecular weight excluding hydrogens is 523 g/mol. The highest BCUT2D eigenvalue weighted by Crippen LogP contribution is 2.65. The van der Waals surface area contributed by atoms with Crippen LogP contribution >= 0.6 is 39.1 Å². The summed E-state index contributed by atoms with van der Waals surface area (Å²) in [6.45, 7) is 0. The highest BCUT2D eigenvalue weighted by atomic mass is 79.9. The zero-order valence-electron chi connectivity index (χ0n) is 16.9. The minimum absolute atomic E-state index is 0.0275. The third kappa shape index (κ3) is 2.49. The van der Waals surface area contributed by atoms with Crippen molar-refractivity contribution in [3.63, 3.8) is 0 Å². The molecule has 10 heteroatoms. The summed E-state index contributed by atoms with van der Waals surface area (Å²) < 4.78 is 0. The number of nitrogens with zero attached hydrogens (tertiary/aromatic N) is 2. The van der Waals surface area contributed by atoms with Crippen molar-refractivity contribution in [2.24, 2.45) is 17.8 Å². The number of amides is 4. The number of carbonyl (C=O) groups excluding carboxylic acids is 4. The van der Waals surface area contributed by atoms with Crippen LogP contribution in [-0.4, -0.2) is 60.8 Å². The Bertz CT molecular complexity index is 1130. The maximum absolute atomic E-state index is 13.5. The molecule has 1 saturated carbocycles. The highest BCUT2D eigenvalue weighted by Gasteiger charge is 2.76. The van der Waals surface area contributed by atoms with Gasteiger partial charge in [0.05, 0.1) is 17.3 Å². The first-order valence-corrected chi connectivity index (χ1v) is 12.1. The average Bonchev–Trinajstić information content (AvgIpc) is 3.06. The molecule has 0 radical (unpaired) electrons. The van der Waals surface area contributed by atoms with Crippen molar-refractivity contribution in [1.82, 2.24) is 9.80 Å². The normalized spacial score (nSPS) is 38.6. The van der Waals surface area contributed by atoms with Crippen LogP contribution in [0.3, 0.4) is 0 Å². The summed E-state index contributed by atoms with van der Waals surface area (Å²) in [5.41, 5.74) is 1.15. The monoisotopic (exact) mass is 540 g/mol. The summed E-state index contributed by atoms with van der Waals surface area (Å²) in [5, 5.41) is 10.1. The third-order valence-electron chi connectivity index (χ3n) is 7.44. The molecule has 5 rings (SSSR count). The van der Waals surface area contributed by atoms with E-state index >= 15 is 0 Å². The lowest BCUT2D eigenvalue weighted by Crippen LogP contribution is -2.60. The number of phenols is 1. The number of hydrogen-bond donors (Lipinski definition) is 1. The fourth-order valence-electron chi connectivity index (χ4n) is 5.99. The number of carbonyl (C=O) groups is 4. The standard InChI is InChI=1S/C22H19BrCl2N2O5/c1-26-17(29)13-6-5-12-14(15(13)18(26)30)8-21(24)19(31)27(9-23)20(32)22(21,25)16(12)10-3-2-4-11(28)7-10/h2-5,7,13-16,28H,6,8-9H2,1H3. The summed E-state index contributed by atoms with van der Waals surface area (Å²) in [6, 6.07) is 6.32. The van der Waals surface area contributed by atoms with Gasteiger partial charge >= 0.3 is 0 Å². The van der Waals surface area contributed by atoms with Gasteiger partial charge in [-0.05, 0) is 36.5 Å². The number of rotatable bonds is 2. The predicted octanol–water partition coefficient (Wildman–Crippen LogP) is 2.73. The maximum Gasteiger partial charge on any atom is 0.254 e. The van der Waals surface area contributed by atoms with Gasteiger partial charge in [0.2, 0.25) is 11.8 Å². The van der Waals surface area contributed by atoms with E-state index in [1.54, 1.807) is 12.1 Å². The fraction of sp³-hybridized carbons (Fsp3) is 0.455. The number of aromatic hydroxyl groups is 1. The summed E-state index contributed by atoms with van der Waals surface area (Å²) in [6.07, 6.45) is 2.15. The van der Waals surface area contributed by atoms with E-state index in [1.807, 2.05) is 6.08 Å². The van der Waals surface area contributed by atoms with E-state index in [9.17, 15) is 24.3 Å². The summed E-state index contributed by atoms with van der Waals surface area (Å²) in [5.74, 6) is -4.47. The largest absolute Gasteiger partial charge is 0.508 e. The van der Waals surface area contributed by atoms with Crippen molar-refractivity contribution < 1.29 is 24.3 Å². The van der Waals surface area contributed by atoms with Crippen molar-refractivity contribution in [2.45, 2.75) is 28.5 Å². The first-order valence-electron chi connectivity index (χ1n) is 10.2. The van der Waals surface area contributed by atoms with E-state index in [2.05, 4.69) is 15.9 Å². The van der Waals surface area contributed by atoms with Crippen LogP contribution in [0.25, 0.3) is 0 Å². The molecule has 0 spiro atoms. The Morgan fingerprint density at radius 1 is 1.12 bits per heavy atom. The molecule has 2 aliphatic heterocycles. The molecule has 3 fully saturated rings. The Kier molecular flexibility index (Phi) is 4.83. The first-order chi connectivity index (χ1) is 15.1. The molecule has 0 bridgehead atoms. The molecule has 6 unspecified atom stereocenters. The molecule has 2 saturated heterocycles. The minimum Gasteiger partial charge on any atom is -0.508 e. The number of halogens is 3. The van der Waals surface area contributed by atoms with E-state index in [1.165, 1.54) is 19.2 Å². The van der Waals surface area contributed by atoms with Crippen LogP contribution in [0, 0.1) is 17.8 Å². The average molecular weight is 542 g/mol. The SMILES string of the molecule is CN1C(=O)C2CC=C3C(CC4(Cl)C(=O)N(CBr)C(=O)C4(Cl)C3c3cccc(O)c3)C2C1=O. The molecule has 4 amide bonds. The van der Waals surface area contributed by atoms with Gasteiger partial charge in [0.15, 0.2) is 9.75 Å². The smallest absolute Gasteiger partial charge is 0.254 e. The van der Waals surface area contributed by atoms with Crippen LogP contribution in [0.4, 0.5) is 0 Å². The Morgan fingerprint density at radius 2 is 1.84 bits per heavy atom. The lowest BCUT2D eigenvalue weighted by molar-refractivity contribution is -0.140. The van der Waals surface area contributed by atoms with Crippen LogP contribution in [0.1, 0.15) is 24.3 Å². The van der Waals surface area contributed by atoms with Gasteiger partial charge in [-0.1, -0.05) is 39.7 Å². The van der Waals surface area contributed by atoms with E-state index in [-0.39, 0.29) is 29.4 Å². The summed E-state index contributed by atoms with van der Waals surface area (Å²) in [7, 11) is 1.46. The number of hydrogen-bond acceptors (Lipinski definition) is 5. The van der Waals surface area contributed by atoms with Gasteiger partial charge in [-0.3, -0.25) is 29.0 Å². The molecule has 2 aliphatic carbocycles. The maximum atomic E-state index is 13.5. The summed E-state index contributed by atoms with van der Waals surface area (Å²) in [4.78, 5) is 51.0. The number of imide groups is 2. The van der Waals surface area contributed by atoms with Crippen molar-refractivity contribution >= 4 is 62.8 Å². The first kappa shape index (κ1) is 21.9. The Labute approximate surface area is 202 Å². The van der Waals surface area contributed by atoms with Crippen molar-refractivity contribution in [1.29, 1.82) is 0 Å². The number of benzene rings is 1. The van der Waals surface area contributed by atoms with Gasteiger partial charge in [-0.2, -0.15) is 0 Å². The number of phenolic OH excluding ortho intramolecular Hbond substituents is 1. The van der Waals surface area contributed by atoms with Gasteiger partial charge in [-0.15, -0.1) is 23.2 Å². The third-order valence-corrected chi connectivity index (χ3v) is 9.35. The molecule has 32 heavy (non-hydrogen) atoms. The van der Waals surface area contributed by atoms with Gasteiger partial charge in [0, 0.05) is 13.0 Å². The van der Waals surface area contributed by atoms with E-state index in [0.29, 0.717) is 17.6 Å². The lowest BCUT2D eigenvalue weighted by atomic mass is 9.56. The lowest BCUT2D eigenvalue weighted by Gasteiger charge is -2.50. The molecule has 7 nitrogen and oxygen atoms in total. The number of alkyl halides is 3. The topological polar surface area (TPSA) is 95.0 Å². The second kappa shape index (κ2) is 7.05. The Hall–Kier alpha value is -1.90. The van der Waals surface area contributed by atoms with Gasteiger partial charge in [0.25, 0.3) is 11.8 Å². The van der Waals surface area contributed by atoms with Crippen LogP contribution < -0.4 is 0 Å². The molecule has 1 N–H and O–H groups in total. The summed E-state index contributed by atoms with van der Waals surface area (Å²) >= 11 is 17.3. The number of likely N-dealkylation sites (tertiary alicyclic amines) is 2. The molecule has 0 aromatic heterocycles. The van der Waals surface area contributed by atoms with E-state index < -0.39 is 45.2 Å². The molecular formula is C22H19BrCl2N2O5. The quantitative estimate of drug-likeness (QED) is 0.269. The number of fused-ring (bicyclic) bond motifs is 4. The van der Waals surface area contributed by atoms with Crippen molar-refractivity contribution in [2.75, 3.05) is 12.5 Å². The molecule has 1 aromatic rings. The zero-order chi connectivity index (χ0) is 23.2. The molecule has 4 aliphatic rings. The second-order valence-corrected chi connectivity index (χ2v) is 10.6. The van der Waals surface area contributed by atoms with Crippen LogP contribution in [0.15, 0.2) is 35.9 Å². The van der Waals surface area contributed by atoms with Crippen LogP contribution in [0.2, 0.25) is 0 Å². The van der Waals surface area contributed by atoms with E-state index in [0.717, 1.165) is 9.80 Å². The number of allylic oxidation sites excluding steroid dienone is 2. The van der Waals surface area contributed by atoms with E-state index in [4.69, 9.17) is 23.2 Å². The predicted molar refractivity (Wildman–Crippen MR) is 119 cm³/mol. The van der Waals surface area contributed by atoms with Crippen molar-refractivity contribution in [3.05, 3.63) is 41.5 Å². The van der Waals surface area contributed by atoms with Crippen LogP contribution in [-0.2, 0) is 19.2 Å². The Balaban J connectivity index is 1.75. The molecule has 6 atom stereocenters. The van der Waals surface area contributed by atoms with Crippen molar-refractivity contribution in [3.8, 4) is 5.75 Å². The van der Waals surface area contributed by atoms with Crippen LogP contribution in [0.5, 0.6) is 5.75 Å². The molecule has 168 valence electrons. The fourth-order valence-corrected chi connectivity index (χ4v) is 7.41. The minimum atomic E-state index is -1.85. The highest BCUT2D eigenvalue weighted by molar-refractivity contribution is 9.09. The zero-order valence-corrected chi connectivity index (χ0v) is 20.0.